The molecule has 0 aromatic heterocycles. The molecule has 0 saturated carbocycles. The van der Waals surface area contributed by atoms with E-state index in [1.54, 1.807) is 0 Å². The van der Waals surface area contributed by atoms with Crippen molar-refractivity contribution in [3.8, 4) is 0 Å². The minimum absolute atomic E-state index is 0.0590. The van der Waals surface area contributed by atoms with Crippen LogP contribution < -0.4 is 5.32 Å². The van der Waals surface area contributed by atoms with Crippen LogP contribution in [0.5, 0.6) is 0 Å². The van der Waals surface area contributed by atoms with E-state index in [1.807, 2.05) is 24.3 Å². The van der Waals surface area contributed by atoms with E-state index >= 15 is 0 Å². The van der Waals surface area contributed by atoms with Gasteiger partial charge in [-0.3, -0.25) is 9.69 Å². The Morgan fingerprint density at radius 1 is 1.20 bits per heavy atom. The van der Waals surface area contributed by atoms with Crippen LogP contribution in [0.1, 0.15) is 38.8 Å². The van der Waals surface area contributed by atoms with Gasteiger partial charge in [0.25, 0.3) is 0 Å². The zero-order valence-corrected chi connectivity index (χ0v) is 15.9. The third-order valence-corrected chi connectivity index (χ3v) is 4.66. The Morgan fingerprint density at radius 2 is 1.76 bits per heavy atom. The maximum absolute atomic E-state index is 12.8. The third-order valence-electron chi connectivity index (χ3n) is 4.66. The molecule has 3 atom stereocenters. The maximum atomic E-state index is 12.8. The molecule has 0 bridgehead atoms. The SMILES string of the molecule is CC1CN(C(C(=O)NCCc2ccc(CO)cc2)C(C)C)CC(C)O1. The summed E-state index contributed by atoms with van der Waals surface area (Å²) in [5, 5.41) is 12.2. The van der Waals surface area contributed by atoms with Gasteiger partial charge in [-0.05, 0) is 37.3 Å². The fourth-order valence-corrected chi connectivity index (χ4v) is 3.58. The van der Waals surface area contributed by atoms with Gasteiger partial charge in [-0.15, -0.1) is 0 Å². The summed E-state index contributed by atoms with van der Waals surface area (Å²) in [6.07, 6.45) is 1.10. The number of amides is 1. The van der Waals surface area contributed by atoms with Gasteiger partial charge in [0.2, 0.25) is 5.91 Å². The van der Waals surface area contributed by atoms with Gasteiger partial charge < -0.3 is 15.2 Å². The van der Waals surface area contributed by atoms with Gasteiger partial charge in [-0.1, -0.05) is 38.1 Å². The Kier molecular flexibility index (Phi) is 7.41. The second-order valence-corrected chi connectivity index (χ2v) is 7.42. The summed E-state index contributed by atoms with van der Waals surface area (Å²) in [6.45, 7) is 10.6. The molecule has 140 valence electrons. The van der Waals surface area contributed by atoms with Gasteiger partial charge in [0.05, 0.1) is 24.9 Å². The Balaban J connectivity index is 1.89. The van der Waals surface area contributed by atoms with Gasteiger partial charge >= 0.3 is 0 Å². The molecule has 5 nitrogen and oxygen atoms in total. The molecule has 1 amide bonds. The summed E-state index contributed by atoms with van der Waals surface area (Å²) in [7, 11) is 0. The van der Waals surface area contributed by atoms with Crippen LogP contribution in [0.3, 0.4) is 0 Å². The summed E-state index contributed by atoms with van der Waals surface area (Å²) < 4.78 is 5.79. The predicted molar refractivity (Wildman–Crippen MR) is 99.3 cm³/mol. The van der Waals surface area contributed by atoms with Crippen LogP contribution in [-0.4, -0.2) is 53.8 Å². The number of morpholine rings is 1. The van der Waals surface area contributed by atoms with Gasteiger partial charge in [-0.25, -0.2) is 0 Å². The van der Waals surface area contributed by atoms with E-state index in [4.69, 9.17) is 9.84 Å². The van der Waals surface area contributed by atoms with E-state index in [9.17, 15) is 4.79 Å². The molecule has 0 spiro atoms. The fourth-order valence-electron chi connectivity index (χ4n) is 3.58. The van der Waals surface area contributed by atoms with E-state index in [2.05, 4.69) is 37.9 Å². The average molecular weight is 348 g/mol. The quantitative estimate of drug-likeness (QED) is 0.791. The average Bonchev–Trinajstić information content (AvgIpc) is 2.54. The highest BCUT2D eigenvalue weighted by atomic mass is 16.5. The first-order valence-corrected chi connectivity index (χ1v) is 9.26. The number of nitrogens with zero attached hydrogens (tertiary/aromatic N) is 1. The van der Waals surface area contributed by atoms with Crippen molar-refractivity contribution in [2.75, 3.05) is 19.6 Å². The lowest BCUT2D eigenvalue weighted by Gasteiger charge is -2.41. The standard InChI is InChI=1S/C20H32N2O3/c1-14(2)19(22-11-15(3)25-16(4)12-22)20(24)21-10-9-17-5-7-18(13-23)8-6-17/h5-8,14-16,19,23H,9-13H2,1-4H3,(H,21,24). The van der Waals surface area contributed by atoms with Crippen LogP contribution >= 0.6 is 0 Å². The summed E-state index contributed by atoms with van der Waals surface area (Å²) in [4.78, 5) is 15.0. The largest absolute Gasteiger partial charge is 0.392 e. The van der Waals surface area contributed by atoms with Crippen molar-refractivity contribution in [3.05, 3.63) is 35.4 Å². The Hall–Kier alpha value is -1.43. The molecule has 1 aliphatic heterocycles. The minimum Gasteiger partial charge on any atom is -0.392 e. The number of carbonyl (C=O) groups is 1. The molecule has 2 rings (SSSR count). The Bertz CT molecular complexity index is 534. The van der Waals surface area contributed by atoms with Crippen LogP contribution in [0.4, 0.5) is 0 Å². The van der Waals surface area contributed by atoms with E-state index in [1.165, 1.54) is 0 Å². The molecule has 1 aromatic rings. The normalized spacial score (nSPS) is 22.8. The zero-order valence-electron chi connectivity index (χ0n) is 15.9. The van der Waals surface area contributed by atoms with Crippen molar-refractivity contribution in [1.82, 2.24) is 10.2 Å². The fraction of sp³-hybridized carbons (Fsp3) is 0.650. The van der Waals surface area contributed by atoms with Crippen LogP contribution in [0.25, 0.3) is 0 Å². The molecule has 1 aliphatic rings. The van der Waals surface area contributed by atoms with Crippen LogP contribution in [0.2, 0.25) is 0 Å². The van der Waals surface area contributed by atoms with Crippen LogP contribution in [-0.2, 0) is 22.6 Å². The lowest BCUT2D eigenvalue weighted by molar-refractivity contribution is -0.135. The molecule has 0 radical (unpaired) electrons. The number of hydrogen-bond acceptors (Lipinski definition) is 4. The number of nitrogens with one attached hydrogen (secondary N) is 1. The second kappa shape index (κ2) is 9.32. The lowest BCUT2D eigenvalue weighted by atomic mass is 9.99. The molecule has 3 unspecified atom stereocenters. The summed E-state index contributed by atoms with van der Waals surface area (Å²) in [5.74, 6) is 0.351. The molecule has 1 fully saturated rings. The zero-order chi connectivity index (χ0) is 18.4. The number of carbonyl (C=O) groups excluding carboxylic acids is 1. The van der Waals surface area contributed by atoms with Crippen LogP contribution in [0, 0.1) is 5.92 Å². The second-order valence-electron chi connectivity index (χ2n) is 7.42. The van der Waals surface area contributed by atoms with Crippen molar-refractivity contribution >= 4 is 5.91 Å². The van der Waals surface area contributed by atoms with Crippen LogP contribution in [0.15, 0.2) is 24.3 Å². The molecule has 25 heavy (non-hydrogen) atoms. The molecule has 1 saturated heterocycles. The van der Waals surface area contributed by atoms with Crippen molar-refractivity contribution < 1.29 is 14.6 Å². The van der Waals surface area contributed by atoms with Gasteiger partial charge in [0.15, 0.2) is 0 Å². The molecule has 5 heteroatoms. The van der Waals surface area contributed by atoms with E-state index in [0.717, 1.165) is 30.6 Å². The first-order valence-electron chi connectivity index (χ1n) is 9.26. The number of aliphatic hydroxyl groups is 1. The van der Waals surface area contributed by atoms with Crippen molar-refractivity contribution in [3.63, 3.8) is 0 Å². The first-order chi connectivity index (χ1) is 11.9. The molecular formula is C20H32N2O3. The van der Waals surface area contributed by atoms with Crippen molar-refractivity contribution in [1.29, 1.82) is 0 Å². The molecule has 2 N–H and O–H groups in total. The topological polar surface area (TPSA) is 61.8 Å². The minimum atomic E-state index is -0.120. The summed E-state index contributed by atoms with van der Waals surface area (Å²) in [5.41, 5.74) is 2.07. The number of hydrogen-bond donors (Lipinski definition) is 2. The monoisotopic (exact) mass is 348 g/mol. The van der Waals surface area contributed by atoms with Crippen molar-refractivity contribution in [2.45, 2.75) is 59.0 Å². The number of ether oxygens (including phenoxy) is 1. The van der Waals surface area contributed by atoms with Gasteiger partial charge in [-0.2, -0.15) is 0 Å². The third kappa shape index (κ3) is 5.80. The van der Waals surface area contributed by atoms with Gasteiger partial charge in [0, 0.05) is 19.6 Å². The highest BCUT2D eigenvalue weighted by Gasteiger charge is 2.33. The smallest absolute Gasteiger partial charge is 0.237 e. The molecule has 1 heterocycles. The van der Waals surface area contributed by atoms with Crippen molar-refractivity contribution in [2.24, 2.45) is 5.92 Å². The highest BCUT2D eigenvalue weighted by Crippen LogP contribution is 2.18. The number of rotatable bonds is 7. The summed E-state index contributed by atoms with van der Waals surface area (Å²) >= 11 is 0. The number of aliphatic hydroxyl groups excluding tert-OH is 1. The highest BCUT2D eigenvalue weighted by molar-refractivity contribution is 5.82. The Labute approximate surface area is 151 Å². The van der Waals surface area contributed by atoms with E-state index in [0.29, 0.717) is 6.54 Å². The predicted octanol–water partition coefficient (Wildman–Crippen LogP) is 1.97. The first kappa shape index (κ1) is 19.9. The molecule has 1 aromatic carbocycles. The van der Waals surface area contributed by atoms with E-state index < -0.39 is 0 Å². The van der Waals surface area contributed by atoms with E-state index in [-0.39, 0.29) is 36.7 Å². The maximum Gasteiger partial charge on any atom is 0.237 e. The molecule has 0 aliphatic carbocycles. The lowest BCUT2D eigenvalue weighted by Crippen LogP contribution is -2.57. The Morgan fingerprint density at radius 3 is 2.28 bits per heavy atom. The number of benzene rings is 1. The molecular weight excluding hydrogens is 316 g/mol. The summed E-state index contributed by atoms with van der Waals surface area (Å²) in [6, 6.07) is 7.73. The van der Waals surface area contributed by atoms with Gasteiger partial charge in [0.1, 0.15) is 0 Å².